The lowest BCUT2D eigenvalue weighted by Gasteiger charge is -2.10. The highest BCUT2D eigenvalue weighted by atomic mass is 16.5. The first kappa shape index (κ1) is 10.4. The van der Waals surface area contributed by atoms with Crippen LogP contribution in [0.1, 0.15) is 5.56 Å². The molecule has 1 aromatic rings. The molecule has 0 fully saturated rings. The average molecular weight is 220 g/mol. The van der Waals surface area contributed by atoms with Gasteiger partial charge in [0.2, 0.25) is 0 Å². The van der Waals surface area contributed by atoms with E-state index in [2.05, 4.69) is 21.1 Å². The van der Waals surface area contributed by atoms with E-state index in [0.717, 1.165) is 5.56 Å². The lowest BCUT2D eigenvalue weighted by Crippen LogP contribution is -2.27. The van der Waals surface area contributed by atoms with Gasteiger partial charge in [0.1, 0.15) is 18.7 Å². The molecular formula is C10H12N4O2. The van der Waals surface area contributed by atoms with E-state index in [4.69, 9.17) is 9.84 Å². The van der Waals surface area contributed by atoms with Gasteiger partial charge in [-0.1, -0.05) is 12.1 Å². The Kier molecular flexibility index (Phi) is 3.35. The molecule has 0 saturated carbocycles. The zero-order valence-corrected chi connectivity index (χ0v) is 8.55. The summed E-state index contributed by atoms with van der Waals surface area (Å²) in [7, 11) is 0. The summed E-state index contributed by atoms with van der Waals surface area (Å²) >= 11 is 0. The Bertz CT molecular complexity index is 417. The van der Waals surface area contributed by atoms with Gasteiger partial charge in [0.15, 0.2) is 5.84 Å². The van der Waals surface area contributed by atoms with Gasteiger partial charge in [0, 0.05) is 5.56 Å². The molecule has 0 radical (unpaired) electrons. The minimum absolute atomic E-state index is 0.00469. The largest absolute Gasteiger partial charge is 0.491 e. The highest BCUT2D eigenvalue weighted by molar-refractivity contribution is 6.00. The summed E-state index contributed by atoms with van der Waals surface area (Å²) in [5.41, 5.74) is 6.28. The number of ether oxygens (including phenoxy) is 1. The second-order valence-corrected chi connectivity index (χ2v) is 3.06. The van der Waals surface area contributed by atoms with Gasteiger partial charge in [-0.3, -0.25) is 10.9 Å². The Hall–Kier alpha value is -2.08. The first-order valence-corrected chi connectivity index (χ1v) is 4.85. The van der Waals surface area contributed by atoms with Crippen molar-refractivity contribution in [1.82, 2.24) is 10.9 Å². The maximum absolute atomic E-state index is 8.66. The van der Waals surface area contributed by atoms with Gasteiger partial charge in [-0.15, -0.1) is 0 Å². The smallest absolute Gasteiger partial charge is 0.173 e. The number of hydrogen-bond donors (Lipinski definition) is 3. The molecule has 0 bridgehead atoms. The summed E-state index contributed by atoms with van der Waals surface area (Å²) in [4.78, 5) is 0. The number of aliphatic hydroxyl groups is 1. The number of hydrazone groups is 2. The van der Waals surface area contributed by atoms with Crippen LogP contribution in [0.2, 0.25) is 0 Å². The van der Waals surface area contributed by atoms with Gasteiger partial charge < -0.3 is 9.84 Å². The molecule has 0 aliphatic carbocycles. The number of amidine groups is 1. The van der Waals surface area contributed by atoms with Crippen molar-refractivity contribution in [3.05, 3.63) is 29.8 Å². The summed E-state index contributed by atoms with van der Waals surface area (Å²) in [6.07, 6.45) is 1.45. The number of hydrogen-bond acceptors (Lipinski definition) is 6. The number of rotatable bonds is 4. The summed E-state index contributed by atoms with van der Waals surface area (Å²) in [5, 5.41) is 16.5. The molecule has 1 aliphatic rings. The van der Waals surface area contributed by atoms with E-state index in [1.807, 2.05) is 24.3 Å². The highest BCUT2D eigenvalue weighted by Gasteiger charge is 2.05. The fourth-order valence-electron chi connectivity index (χ4n) is 1.27. The van der Waals surface area contributed by atoms with Gasteiger partial charge in [-0.25, -0.2) is 0 Å². The zero-order chi connectivity index (χ0) is 11.2. The molecule has 0 amide bonds. The van der Waals surface area contributed by atoms with Crippen LogP contribution in [0, 0.1) is 0 Å². The van der Waals surface area contributed by atoms with Crippen LogP contribution >= 0.6 is 0 Å². The average Bonchev–Trinajstić information content (AvgIpc) is 2.38. The maximum Gasteiger partial charge on any atom is 0.173 e. The first-order chi connectivity index (χ1) is 7.90. The Labute approximate surface area is 92.6 Å². The van der Waals surface area contributed by atoms with Crippen LogP contribution in [0.4, 0.5) is 0 Å². The van der Waals surface area contributed by atoms with Crippen LogP contribution in [0.15, 0.2) is 34.5 Å². The quantitative estimate of drug-likeness (QED) is 0.659. The summed E-state index contributed by atoms with van der Waals surface area (Å²) in [6.45, 7) is 0.273. The van der Waals surface area contributed by atoms with Crippen molar-refractivity contribution in [3.8, 4) is 5.75 Å². The number of nitrogens with one attached hydrogen (secondary N) is 2. The summed E-state index contributed by atoms with van der Waals surface area (Å²) < 4.78 is 5.30. The third-order valence-corrected chi connectivity index (χ3v) is 1.94. The molecule has 6 nitrogen and oxygen atoms in total. The van der Waals surface area contributed by atoms with Crippen molar-refractivity contribution in [3.63, 3.8) is 0 Å². The molecule has 1 aliphatic heterocycles. The van der Waals surface area contributed by atoms with Gasteiger partial charge >= 0.3 is 0 Å². The highest BCUT2D eigenvalue weighted by Crippen LogP contribution is 2.13. The van der Waals surface area contributed by atoms with Crippen molar-refractivity contribution in [2.45, 2.75) is 0 Å². The zero-order valence-electron chi connectivity index (χ0n) is 8.55. The molecule has 0 atom stereocenters. The van der Waals surface area contributed by atoms with E-state index in [-0.39, 0.29) is 13.2 Å². The van der Waals surface area contributed by atoms with Crippen LogP contribution in [0.25, 0.3) is 0 Å². The molecule has 1 aromatic carbocycles. The van der Waals surface area contributed by atoms with Gasteiger partial charge in [0.25, 0.3) is 0 Å². The molecule has 0 saturated heterocycles. The molecule has 2 rings (SSSR count). The van der Waals surface area contributed by atoms with Crippen molar-refractivity contribution < 1.29 is 9.84 Å². The van der Waals surface area contributed by atoms with Gasteiger partial charge in [-0.2, -0.15) is 10.2 Å². The normalized spacial score (nSPS) is 13.7. The van der Waals surface area contributed by atoms with Crippen LogP contribution in [0.5, 0.6) is 5.75 Å². The van der Waals surface area contributed by atoms with Crippen LogP contribution in [-0.2, 0) is 0 Å². The standard InChI is InChI=1S/C10H12N4O2/c15-4-5-16-9-3-1-2-8(6-9)10-13-11-7-12-14-10/h1-3,6-7,15H,4-5H2,(H,11,12)(H,13,14). The van der Waals surface area contributed by atoms with Crippen molar-refractivity contribution in [2.75, 3.05) is 13.2 Å². The monoisotopic (exact) mass is 220 g/mol. The minimum Gasteiger partial charge on any atom is -0.491 e. The van der Waals surface area contributed by atoms with Crippen LogP contribution in [0.3, 0.4) is 0 Å². The number of aliphatic hydroxyl groups excluding tert-OH is 1. The van der Waals surface area contributed by atoms with E-state index >= 15 is 0 Å². The topological polar surface area (TPSA) is 78.2 Å². The van der Waals surface area contributed by atoms with E-state index in [1.165, 1.54) is 6.34 Å². The van der Waals surface area contributed by atoms with Crippen LogP contribution < -0.4 is 15.6 Å². The second kappa shape index (κ2) is 5.13. The summed E-state index contributed by atoms with van der Waals surface area (Å²) in [5.74, 6) is 1.31. The second-order valence-electron chi connectivity index (χ2n) is 3.06. The lowest BCUT2D eigenvalue weighted by molar-refractivity contribution is 0.201. The van der Waals surface area contributed by atoms with E-state index in [9.17, 15) is 0 Å². The third-order valence-electron chi connectivity index (χ3n) is 1.94. The number of benzene rings is 1. The fraction of sp³-hybridized carbons (Fsp3) is 0.200. The fourth-order valence-corrected chi connectivity index (χ4v) is 1.27. The maximum atomic E-state index is 8.66. The first-order valence-electron chi connectivity index (χ1n) is 4.85. The van der Waals surface area contributed by atoms with Crippen molar-refractivity contribution in [1.29, 1.82) is 0 Å². The Morgan fingerprint density at radius 2 is 2.31 bits per heavy atom. The predicted molar refractivity (Wildman–Crippen MR) is 60.3 cm³/mol. The Morgan fingerprint density at radius 1 is 1.38 bits per heavy atom. The van der Waals surface area contributed by atoms with Gasteiger partial charge in [-0.05, 0) is 12.1 Å². The number of nitrogens with zero attached hydrogens (tertiary/aromatic N) is 2. The summed E-state index contributed by atoms with van der Waals surface area (Å²) in [6, 6.07) is 7.38. The van der Waals surface area contributed by atoms with E-state index < -0.39 is 0 Å². The van der Waals surface area contributed by atoms with Crippen molar-refractivity contribution >= 4 is 12.2 Å². The van der Waals surface area contributed by atoms with E-state index in [1.54, 1.807) is 0 Å². The molecule has 16 heavy (non-hydrogen) atoms. The van der Waals surface area contributed by atoms with Crippen molar-refractivity contribution in [2.24, 2.45) is 10.2 Å². The third kappa shape index (κ3) is 2.48. The molecule has 0 spiro atoms. The Morgan fingerprint density at radius 3 is 3.06 bits per heavy atom. The molecule has 6 heteroatoms. The molecule has 0 unspecified atom stereocenters. The molecule has 84 valence electrons. The molecular weight excluding hydrogens is 208 g/mol. The molecule has 0 aromatic heterocycles. The lowest BCUT2D eigenvalue weighted by atomic mass is 10.2. The minimum atomic E-state index is -0.00469. The van der Waals surface area contributed by atoms with E-state index in [0.29, 0.717) is 11.6 Å². The predicted octanol–water partition coefficient (Wildman–Crippen LogP) is -0.145. The van der Waals surface area contributed by atoms with Gasteiger partial charge in [0.05, 0.1) is 6.61 Å². The SMILES string of the molecule is OCCOc1cccc(C2=NNC=NN2)c1. The van der Waals surface area contributed by atoms with Crippen LogP contribution in [-0.4, -0.2) is 30.5 Å². The molecule has 3 N–H and O–H groups in total. The Balaban J connectivity index is 2.12. The molecule has 1 heterocycles.